The Labute approximate surface area is 173 Å². The number of benzene rings is 2. The van der Waals surface area contributed by atoms with Gasteiger partial charge in [0.1, 0.15) is 5.82 Å². The van der Waals surface area contributed by atoms with Crippen LogP contribution < -0.4 is 10.6 Å². The van der Waals surface area contributed by atoms with Gasteiger partial charge in [0, 0.05) is 29.5 Å². The van der Waals surface area contributed by atoms with Crippen LogP contribution in [0.25, 0.3) is 0 Å². The quantitative estimate of drug-likeness (QED) is 0.726. The summed E-state index contributed by atoms with van der Waals surface area (Å²) in [6.07, 6.45) is -0.196. The molecule has 1 aliphatic heterocycles. The summed E-state index contributed by atoms with van der Waals surface area (Å²) in [5.41, 5.74) is 1.20. The number of carbonyl (C=O) groups excluding carboxylic acids is 2. The molecule has 0 saturated heterocycles. The van der Waals surface area contributed by atoms with Crippen molar-refractivity contribution >= 4 is 39.1 Å². The van der Waals surface area contributed by atoms with Crippen molar-refractivity contribution in [2.45, 2.75) is 29.7 Å². The van der Waals surface area contributed by atoms with Crippen LogP contribution in [-0.2, 0) is 26.0 Å². The van der Waals surface area contributed by atoms with Crippen molar-refractivity contribution in [1.82, 2.24) is 5.32 Å². The van der Waals surface area contributed by atoms with Gasteiger partial charge in [-0.15, -0.1) is 11.8 Å². The smallest absolute Gasteiger partial charge is 0.228 e. The van der Waals surface area contributed by atoms with E-state index in [-0.39, 0.29) is 41.3 Å². The lowest BCUT2D eigenvalue weighted by Crippen LogP contribution is -2.25. The third-order valence-corrected chi connectivity index (χ3v) is 7.55. The van der Waals surface area contributed by atoms with Gasteiger partial charge < -0.3 is 10.6 Å². The van der Waals surface area contributed by atoms with Crippen LogP contribution >= 0.6 is 11.8 Å². The Morgan fingerprint density at radius 2 is 1.97 bits per heavy atom. The number of hydrogen-bond donors (Lipinski definition) is 2. The lowest BCUT2D eigenvalue weighted by molar-refractivity contribution is -0.121. The van der Waals surface area contributed by atoms with Gasteiger partial charge in [-0.25, -0.2) is 12.8 Å². The second-order valence-corrected chi connectivity index (χ2v) is 10.0. The van der Waals surface area contributed by atoms with E-state index in [0.717, 1.165) is 10.5 Å². The maximum absolute atomic E-state index is 12.9. The van der Waals surface area contributed by atoms with E-state index in [1.807, 2.05) is 6.92 Å². The van der Waals surface area contributed by atoms with Gasteiger partial charge in [0.15, 0.2) is 9.84 Å². The first kappa shape index (κ1) is 21.3. The zero-order chi connectivity index (χ0) is 21.0. The molecular weight excluding hydrogens is 415 g/mol. The van der Waals surface area contributed by atoms with Gasteiger partial charge >= 0.3 is 0 Å². The molecule has 29 heavy (non-hydrogen) atoms. The molecule has 154 valence electrons. The minimum atomic E-state index is -3.69. The van der Waals surface area contributed by atoms with Gasteiger partial charge in [-0.3, -0.25) is 9.59 Å². The molecule has 9 heteroatoms. The molecule has 0 aliphatic carbocycles. The largest absolute Gasteiger partial charge is 0.352 e. The molecule has 1 heterocycles. The van der Waals surface area contributed by atoms with Crippen molar-refractivity contribution in [3.8, 4) is 0 Å². The summed E-state index contributed by atoms with van der Waals surface area (Å²) in [6, 6.07) is 10.3. The standard InChI is InChI=1S/C20H21FN2O4S2/c1-13-12-28-18-7-6-16(10-17(18)23-20(13)25)29(26,27)9-8-19(24)22-11-14-2-4-15(21)5-3-14/h2-7,10,13H,8-9,11-12H2,1H3,(H,22,24)(H,23,25)/t13-/m1/s1. The zero-order valence-electron chi connectivity index (χ0n) is 15.8. The van der Waals surface area contributed by atoms with Crippen LogP contribution in [-0.4, -0.2) is 31.7 Å². The Hall–Kier alpha value is -2.39. The molecule has 2 aromatic rings. The van der Waals surface area contributed by atoms with E-state index in [1.54, 1.807) is 18.2 Å². The maximum atomic E-state index is 12.9. The lowest BCUT2D eigenvalue weighted by atomic mass is 10.2. The Bertz CT molecular complexity index is 1020. The molecule has 0 radical (unpaired) electrons. The van der Waals surface area contributed by atoms with Gasteiger partial charge in [-0.05, 0) is 35.9 Å². The summed E-state index contributed by atoms with van der Waals surface area (Å²) >= 11 is 1.50. The average Bonchev–Trinajstić information content (AvgIpc) is 2.84. The maximum Gasteiger partial charge on any atom is 0.228 e. The van der Waals surface area contributed by atoms with E-state index < -0.39 is 15.7 Å². The minimum absolute atomic E-state index is 0.0676. The third-order valence-electron chi connectivity index (χ3n) is 4.51. The highest BCUT2D eigenvalue weighted by atomic mass is 32.2. The molecule has 6 nitrogen and oxygen atoms in total. The highest BCUT2D eigenvalue weighted by Crippen LogP contribution is 2.34. The summed E-state index contributed by atoms with van der Waals surface area (Å²) in [5.74, 6) is -0.818. The molecule has 3 rings (SSSR count). The number of thioether (sulfide) groups is 1. The molecule has 0 unspecified atom stereocenters. The number of nitrogens with one attached hydrogen (secondary N) is 2. The van der Waals surface area contributed by atoms with Crippen molar-refractivity contribution in [3.05, 3.63) is 53.8 Å². The van der Waals surface area contributed by atoms with Crippen LogP contribution in [0.2, 0.25) is 0 Å². The monoisotopic (exact) mass is 436 g/mol. The normalized spacial score (nSPS) is 16.5. The number of fused-ring (bicyclic) bond motifs is 1. The predicted octanol–water partition coefficient (Wildman–Crippen LogP) is 2.99. The summed E-state index contributed by atoms with van der Waals surface area (Å²) in [4.78, 5) is 24.9. The van der Waals surface area contributed by atoms with Crippen molar-refractivity contribution in [2.24, 2.45) is 5.92 Å². The van der Waals surface area contributed by atoms with E-state index >= 15 is 0 Å². The number of carbonyl (C=O) groups is 2. The molecule has 1 aliphatic rings. The molecule has 0 fully saturated rings. The summed E-state index contributed by atoms with van der Waals surface area (Å²) < 4.78 is 38.1. The van der Waals surface area contributed by atoms with E-state index in [2.05, 4.69) is 10.6 Å². The Morgan fingerprint density at radius 3 is 2.69 bits per heavy atom. The van der Waals surface area contributed by atoms with Gasteiger partial charge in [0.2, 0.25) is 11.8 Å². The van der Waals surface area contributed by atoms with Crippen LogP contribution in [0.1, 0.15) is 18.9 Å². The molecule has 0 saturated carbocycles. The fourth-order valence-electron chi connectivity index (χ4n) is 2.71. The fourth-order valence-corrected chi connectivity index (χ4v) is 4.98. The summed E-state index contributed by atoms with van der Waals surface area (Å²) in [6.45, 7) is 2.01. The number of rotatable bonds is 6. The number of amides is 2. The topological polar surface area (TPSA) is 92.3 Å². The van der Waals surface area contributed by atoms with Crippen LogP contribution in [0.5, 0.6) is 0 Å². The Kier molecular flexibility index (Phi) is 6.59. The highest BCUT2D eigenvalue weighted by Gasteiger charge is 2.23. The van der Waals surface area contributed by atoms with Gasteiger partial charge in [-0.1, -0.05) is 19.1 Å². The van der Waals surface area contributed by atoms with Crippen LogP contribution in [0.3, 0.4) is 0 Å². The molecule has 0 aromatic heterocycles. The molecule has 1 atom stereocenters. The molecule has 0 bridgehead atoms. The molecule has 0 spiro atoms. The summed E-state index contributed by atoms with van der Waals surface area (Å²) in [7, 11) is -3.69. The van der Waals surface area contributed by atoms with Crippen molar-refractivity contribution in [1.29, 1.82) is 0 Å². The predicted molar refractivity (Wildman–Crippen MR) is 110 cm³/mol. The van der Waals surface area contributed by atoms with Crippen LogP contribution in [0.15, 0.2) is 52.3 Å². The SMILES string of the molecule is C[C@@H]1CSc2ccc(S(=O)(=O)CCC(=O)NCc3ccc(F)cc3)cc2NC1=O. The van der Waals surface area contributed by atoms with Crippen LogP contribution in [0, 0.1) is 11.7 Å². The van der Waals surface area contributed by atoms with Crippen molar-refractivity contribution < 1.29 is 22.4 Å². The number of sulfone groups is 1. The molecule has 2 amide bonds. The second kappa shape index (κ2) is 8.96. The van der Waals surface area contributed by atoms with Gasteiger partial charge in [-0.2, -0.15) is 0 Å². The molecular formula is C20H21FN2O4S2. The number of anilines is 1. The van der Waals surface area contributed by atoms with E-state index in [4.69, 9.17) is 0 Å². The lowest BCUT2D eigenvalue weighted by Gasteiger charge is -2.10. The number of hydrogen-bond acceptors (Lipinski definition) is 5. The van der Waals surface area contributed by atoms with E-state index in [0.29, 0.717) is 11.4 Å². The molecule has 2 N–H and O–H groups in total. The fraction of sp³-hybridized carbons (Fsp3) is 0.300. The molecule has 2 aromatic carbocycles. The van der Waals surface area contributed by atoms with Gasteiger partial charge in [0.05, 0.1) is 16.3 Å². The average molecular weight is 437 g/mol. The number of halogens is 1. The highest BCUT2D eigenvalue weighted by molar-refractivity contribution is 7.99. The van der Waals surface area contributed by atoms with E-state index in [9.17, 15) is 22.4 Å². The van der Waals surface area contributed by atoms with E-state index in [1.165, 1.54) is 36.0 Å². The first-order valence-corrected chi connectivity index (χ1v) is 11.7. The third kappa shape index (κ3) is 5.57. The minimum Gasteiger partial charge on any atom is -0.352 e. The Morgan fingerprint density at radius 1 is 1.24 bits per heavy atom. The van der Waals surface area contributed by atoms with Crippen molar-refractivity contribution in [3.63, 3.8) is 0 Å². The Balaban J connectivity index is 1.61. The second-order valence-electron chi connectivity index (χ2n) is 6.83. The summed E-state index contributed by atoms with van der Waals surface area (Å²) in [5, 5.41) is 5.39. The zero-order valence-corrected chi connectivity index (χ0v) is 17.4. The first-order chi connectivity index (χ1) is 13.7. The van der Waals surface area contributed by atoms with Crippen LogP contribution in [0.4, 0.5) is 10.1 Å². The van der Waals surface area contributed by atoms with Gasteiger partial charge in [0.25, 0.3) is 0 Å². The van der Waals surface area contributed by atoms with Crippen molar-refractivity contribution in [2.75, 3.05) is 16.8 Å². The first-order valence-electron chi connectivity index (χ1n) is 9.06.